The average molecular weight is 343 g/mol. The molecule has 1 heterocycles. The number of ether oxygens (including phenoxy) is 1. The molecule has 24 heavy (non-hydrogen) atoms. The first-order chi connectivity index (χ1) is 11.6. The number of hydrogen-bond acceptors (Lipinski definition) is 4. The van der Waals surface area contributed by atoms with E-state index in [1.165, 1.54) is 5.01 Å². The summed E-state index contributed by atoms with van der Waals surface area (Å²) in [5, 5.41) is 6.04. The minimum absolute atomic E-state index is 0.133. The monoisotopic (exact) mass is 342 g/mol. The van der Waals surface area contributed by atoms with Crippen molar-refractivity contribution in [2.45, 2.75) is 19.4 Å². The number of halogens is 1. The molecule has 0 fully saturated rings. The summed E-state index contributed by atoms with van der Waals surface area (Å²) in [4.78, 5) is 24.2. The number of amides is 1. The molecule has 0 radical (unpaired) electrons. The van der Waals surface area contributed by atoms with Crippen LogP contribution in [0, 0.1) is 0 Å². The van der Waals surface area contributed by atoms with Gasteiger partial charge in [0.15, 0.2) is 0 Å². The number of hydrazone groups is 1. The highest BCUT2D eigenvalue weighted by atomic mass is 35.5. The molecule has 3 rings (SSSR count). The van der Waals surface area contributed by atoms with Crippen LogP contribution in [0.5, 0.6) is 0 Å². The molecule has 0 saturated carbocycles. The molecule has 0 spiro atoms. The van der Waals surface area contributed by atoms with Crippen molar-refractivity contribution in [1.82, 2.24) is 0 Å². The van der Waals surface area contributed by atoms with E-state index in [4.69, 9.17) is 16.3 Å². The average Bonchev–Trinajstić information content (AvgIpc) is 2.62. The zero-order valence-electron chi connectivity index (χ0n) is 12.8. The van der Waals surface area contributed by atoms with Crippen LogP contribution in [-0.4, -0.2) is 17.6 Å². The van der Waals surface area contributed by atoms with Crippen LogP contribution in [0.25, 0.3) is 0 Å². The quantitative estimate of drug-likeness (QED) is 0.798. The van der Waals surface area contributed by atoms with Gasteiger partial charge in [-0.2, -0.15) is 5.10 Å². The highest BCUT2D eigenvalue weighted by Gasteiger charge is 2.26. The summed E-state index contributed by atoms with van der Waals surface area (Å²) >= 11 is 5.82. The van der Waals surface area contributed by atoms with Crippen LogP contribution >= 0.6 is 11.6 Å². The number of carbonyl (C=O) groups is 2. The Balaban J connectivity index is 1.69. The fourth-order valence-corrected chi connectivity index (χ4v) is 2.41. The maximum absolute atomic E-state index is 12.2. The predicted octanol–water partition coefficient (Wildman–Crippen LogP) is 3.57. The summed E-state index contributed by atoms with van der Waals surface area (Å²) in [5.74, 6) is -0.658. The number of anilines is 1. The van der Waals surface area contributed by atoms with Crippen molar-refractivity contribution in [3.63, 3.8) is 0 Å². The molecule has 6 heteroatoms. The van der Waals surface area contributed by atoms with Gasteiger partial charge in [-0.1, -0.05) is 41.9 Å². The van der Waals surface area contributed by atoms with Crippen LogP contribution < -0.4 is 5.01 Å². The van der Waals surface area contributed by atoms with Gasteiger partial charge in [0.25, 0.3) is 0 Å². The molecule has 1 aliphatic heterocycles. The van der Waals surface area contributed by atoms with Gasteiger partial charge >= 0.3 is 5.97 Å². The molecule has 0 bridgehead atoms. The van der Waals surface area contributed by atoms with Crippen molar-refractivity contribution in [1.29, 1.82) is 0 Å². The van der Waals surface area contributed by atoms with E-state index < -0.39 is 5.97 Å². The van der Waals surface area contributed by atoms with Crippen LogP contribution in [-0.2, 0) is 20.9 Å². The third-order valence-corrected chi connectivity index (χ3v) is 3.80. The first-order valence-corrected chi connectivity index (χ1v) is 7.88. The van der Waals surface area contributed by atoms with E-state index in [1.54, 1.807) is 36.4 Å². The first-order valence-electron chi connectivity index (χ1n) is 7.50. The lowest BCUT2D eigenvalue weighted by molar-refractivity contribution is -0.137. The zero-order valence-corrected chi connectivity index (χ0v) is 13.6. The van der Waals surface area contributed by atoms with E-state index in [0.29, 0.717) is 10.7 Å². The van der Waals surface area contributed by atoms with Gasteiger partial charge < -0.3 is 4.74 Å². The van der Waals surface area contributed by atoms with Crippen LogP contribution in [0.2, 0.25) is 5.02 Å². The Morgan fingerprint density at radius 1 is 1.08 bits per heavy atom. The molecule has 2 aromatic carbocycles. The Morgan fingerprint density at radius 3 is 2.50 bits per heavy atom. The van der Waals surface area contributed by atoms with Crippen molar-refractivity contribution in [3.8, 4) is 0 Å². The highest BCUT2D eigenvalue weighted by molar-refractivity contribution is 6.38. The van der Waals surface area contributed by atoms with Gasteiger partial charge in [0.05, 0.1) is 5.69 Å². The molecular formula is C18H15ClN2O3. The van der Waals surface area contributed by atoms with Gasteiger partial charge in [-0.3, -0.25) is 4.79 Å². The Hall–Kier alpha value is -2.66. The van der Waals surface area contributed by atoms with Gasteiger partial charge in [0, 0.05) is 17.9 Å². The summed E-state index contributed by atoms with van der Waals surface area (Å²) in [7, 11) is 0. The highest BCUT2D eigenvalue weighted by Crippen LogP contribution is 2.20. The molecule has 2 aromatic rings. The summed E-state index contributed by atoms with van der Waals surface area (Å²) < 4.78 is 5.28. The lowest BCUT2D eigenvalue weighted by Gasteiger charge is -2.22. The van der Waals surface area contributed by atoms with Crippen molar-refractivity contribution >= 4 is 34.9 Å². The van der Waals surface area contributed by atoms with Crippen LogP contribution in [0.4, 0.5) is 5.69 Å². The standard InChI is InChI=1S/C18H15ClN2O3/c19-14-8-6-13(7-9-14)12-24-18(23)16-10-11-17(22)21(20-16)15-4-2-1-3-5-15/h1-9H,10-12H2. The van der Waals surface area contributed by atoms with Gasteiger partial charge in [-0.25, -0.2) is 9.80 Å². The molecule has 0 N–H and O–H groups in total. The lowest BCUT2D eigenvalue weighted by atomic mass is 10.1. The molecular weight excluding hydrogens is 328 g/mol. The van der Waals surface area contributed by atoms with E-state index in [-0.39, 0.29) is 31.1 Å². The number of hydrogen-bond donors (Lipinski definition) is 0. The van der Waals surface area contributed by atoms with Crippen molar-refractivity contribution in [2.75, 3.05) is 5.01 Å². The predicted molar refractivity (Wildman–Crippen MR) is 91.8 cm³/mol. The topological polar surface area (TPSA) is 59.0 Å². The molecule has 0 saturated heterocycles. The van der Waals surface area contributed by atoms with Gasteiger partial charge in [0.1, 0.15) is 12.3 Å². The lowest BCUT2D eigenvalue weighted by Crippen LogP contribution is -2.34. The van der Waals surface area contributed by atoms with Crippen molar-refractivity contribution in [3.05, 3.63) is 65.2 Å². The van der Waals surface area contributed by atoms with Gasteiger partial charge in [-0.15, -0.1) is 0 Å². The summed E-state index contributed by atoms with van der Waals surface area (Å²) in [6, 6.07) is 16.1. The maximum Gasteiger partial charge on any atom is 0.354 e. The SMILES string of the molecule is O=C(OCc1ccc(Cl)cc1)C1=NN(c2ccccc2)C(=O)CC1. The molecule has 1 aliphatic rings. The van der Waals surface area contributed by atoms with E-state index in [1.807, 2.05) is 18.2 Å². The first kappa shape index (κ1) is 16.2. The molecule has 0 unspecified atom stereocenters. The number of esters is 1. The summed E-state index contributed by atoms with van der Waals surface area (Å²) in [5.41, 5.74) is 1.71. The summed E-state index contributed by atoms with van der Waals surface area (Å²) in [6.45, 7) is 0.133. The normalized spacial score (nSPS) is 14.3. The largest absolute Gasteiger partial charge is 0.456 e. The summed E-state index contributed by atoms with van der Waals surface area (Å²) in [6.07, 6.45) is 0.505. The van der Waals surface area contributed by atoms with E-state index in [0.717, 1.165) is 5.56 Å². The maximum atomic E-state index is 12.2. The number of nitrogens with zero attached hydrogens (tertiary/aromatic N) is 2. The molecule has 0 aliphatic carbocycles. The zero-order chi connectivity index (χ0) is 16.9. The third-order valence-electron chi connectivity index (χ3n) is 3.55. The second kappa shape index (κ2) is 7.27. The van der Waals surface area contributed by atoms with Crippen molar-refractivity contribution in [2.24, 2.45) is 5.10 Å². The molecule has 1 amide bonds. The third kappa shape index (κ3) is 3.81. The second-order valence-electron chi connectivity index (χ2n) is 5.29. The van der Waals surface area contributed by atoms with E-state index >= 15 is 0 Å². The number of para-hydroxylation sites is 1. The van der Waals surface area contributed by atoms with Gasteiger partial charge in [-0.05, 0) is 29.8 Å². The minimum atomic E-state index is -0.515. The fourth-order valence-electron chi connectivity index (χ4n) is 2.28. The van der Waals surface area contributed by atoms with Gasteiger partial charge in [0.2, 0.25) is 5.91 Å². The van der Waals surface area contributed by atoms with E-state index in [2.05, 4.69) is 5.10 Å². The van der Waals surface area contributed by atoms with E-state index in [9.17, 15) is 9.59 Å². The number of rotatable bonds is 4. The minimum Gasteiger partial charge on any atom is -0.456 e. The fraction of sp³-hybridized carbons (Fsp3) is 0.167. The molecule has 0 aromatic heterocycles. The Kier molecular flexibility index (Phi) is 4.91. The van der Waals surface area contributed by atoms with Crippen LogP contribution in [0.3, 0.4) is 0 Å². The van der Waals surface area contributed by atoms with Crippen LogP contribution in [0.15, 0.2) is 59.7 Å². The Labute approximate surface area is 144 Å². The molecule has 122 valence electrons. The van der Waals surface area contributed by atoms with Crippen LogP contribution in [0.1, 0.15) is 18.4 Å². The Morgan fingerprint density at radius 2 is 1.79 bits per heavy atom. The van der Waals surface area contributed by atoms with Crippen molar-refractivity contribution < 1.29 is 14.3 Å². The number of benzene rings is 2. The Bertz CT molecular complexity index is 773. The molecule has 0 atom stereocenters. The molecule has 5 nitrogen and oxygen atoms in total. The number of carbonyl (C=O) groups excluding carboxylic acids is 2. The smallest absolute Gasteiger partial charge is 0.354 e. The second-order valence-corrected chi connectivity index (χ2v) is 5.73.